The van der Waals surface area contributed by atoms with Crippen molar-refractivity contribution in [1.29, 1.82) is 0 Å². The van der Waals surface area contributed by atoms with Crippen LogP contribution in [0.3, 0.4) is 0 Å². The molecule has 0 aromatic heterocycles. The zero-order valence-electron chi connectivity index (χ0n) is 9.70. The fourth-order valence-corrected chi connectivity index (χ4v) is 2.73. The smallest absolute Gasteiger partial charge is 0.175 e. The highest BCUT2D eigenvalue weighted by molar-refractivity contribution is 14.1. The Hall–Kier alpha value is -1.01. The third kappa shape index (κ3) is 2.51. The largest absolute Gasteiger partial charge is 0.485 e. The van der Waals surface area contributed by atoms with Gasteiger partial charge in [-0.05, 0) is 46.9 Å². The van der Waals surface area contributed by atoms with Gasteiger partial charge in [-0.15, -0.1) is 0 Å². The summed E-state index contributed by atoms with van der Waals surface area (Å²) in [5, 5.41) is 0.368. The Morgan fingerprint density at radius 3 is 2.89 bits per heavy atom. The van der Waals surface area contributed by atoms with Gasteiger partial charge in [-0.25, -0.2) is 4.39 Å². The zero-order chi connectivity index (χ0) is 13.4. The van der Waals surface area contributed by atoms with Crippen molar-refractivity contribution in [2.45, 2.75) is 6.10 Å². The molecule has 2 nitrogen and oxygen atoms in total. The molecule has 1 heterocycles. The molecule has 1 unspecified atom stereocenters. The lowest BCUT2D eigenvalue weighted by Crippen LogP contribution is -2.23. The minimum atomic E-state index is -0.458. The molecule has 0 saturated heterocycles. The molecule has 3 rings (SSSR count). The first-order valence-corrected chi connectivity index (χ1v) is 7.14. The molecule has 0 bridgehead atoms. The first kappa shape index (κ1) is 13.0. The summed E-state index contributed by atoms with van der Waals surface area (Å²) in [5.41, 5.74) is 0.453. The van der Waals surface area contributed by atoms with Crippen molar-refractivity contribution in [1.82, 2.24) is 0 Å². The van der Waals surface area contributed by atoms with Crippen LogP contribution in [0.4, 0.5) is 4.39 Å². The third-order valence-corrected chi connectivity index (χ3v) is 3.98. The average Bonchev–Trinajstić information content (AvgIpc) is 2.39. The predicted octanol–water partition coefficient (Wildman–Crippen LogP) is 4.60. The van der Waals surface area contributed by atoms with Crippen LogP contribution in [0.15, 0.2) is 36.4 Å². The van der Waals surface area contributed by atoms with Crippen LogP contribution in [0.1, 0.15) is 11.7 Å². The maximum absolute atomic E-state index is 13.9. The number of hydrogen-bond donors (Lipinski definition) is 0. The summed E-state index contributed by atoms with van der Waals surface area (Å²) in [5.74, 6) is 0.974. The van der Waals surface area contributed by atoms with Gasteiger partial charge in [-0.2, -0.15) is 0 Å². The zero-order valence-corrected chi connectivity index (χ0v) is 12.6. The highest BCUT2D eigenvalue weighted by atomic mass is 127. The Kier molecular flexibility index (Phi) is 3.54. The second-order valence-electron chi connectivity index (χ2n) is 4.15. The van der Waals surface area contributed by atoms with E-state index in [0.717, 1.165) is 3.57 Å². The predicted molar refractivity (Wildman–Crippen MR) is 79.4 cm³/mol. The van der Waals surface area contributed by atoms with Crippen LogP contribution in [0.25, 0.3) is 0 Å². The monoisotopic (exact) mass is 390 g/mol. The van der Waals surface area contributed by atoms with E-state index in [9.17, 15) is 4.39 Å². The minimum Gasteiger partial charge on any atom is -0.485 e. The molecule has 98 valence electrons. The maximum Gasteiger partial charge on any atom is 0.175 e. The molecule has 1 aliphatic heterocycles. The molecule has 0 saturated carbocycles. The molecular weight excluding hydrogens is 382 g/mol. The Morgan fingerprint density at radius 1 is 1.26 bits per heavy atom. The van der Waals surface area contributed by atoms with Gasteiger partial charge in [-0.3, -0.25) is 0 Å². The van der Waals surface area contributed by atoms with Gasteiger partial charge in [0.05, 0.1) is 3.57 Å². The molecule has 0 amide bonds. The summed E-state index contributed by atoms with van der Waals surface area (Å²) in [4.78, 5) is 0. The van der Waals surface area contributed by atoms with Crippen LogP contribution in [0.5, 0.6) is 11.5 Å². The summed E-state index contributed by atoms with van der Waals surface area (Å²) in [6.07, 6.45) is -0.458. The molecule has 0 spiro atoms. The van der Waals surface area contributed by atoms with E-state index < -0.39 is 6.10 Å². The lowest BCUT2D eigenvalue weighted by molar-refractivity contribution is 0.0875. The number of halogens is 3. The molecule has 0 aliphatic carbocycles. The van der Waals surface area contributed by atoms with E-state index in [1.165, 1.54) is 6.07 Å². The Morgan fingerprint density at radius 2 is 2.11 bits per heavy atom. The summed E-state index contributed by atoms with van der Waals surface area (Å²) in [6, 6.07) is 10.2. The molecule has 1 atom stereocenters. The maximum atomic E-state index is 13.9. The summed E-state index contributed by atoms with van der Waals surface area (Å²) < 4.78 is 26.3. The quantitative estimate of drug-likeness (QED) is 0.663. The van der Waals surface area contributed by atoms with Gasteiger partial charge >= 0.3 is 0 Å². The first-order valence-electron chi connectivity index (χ1n) is 5.68. The van der Waals surface area contributed by atoms with E-state index in [0.29, 0.717) is 22.1 Å². The standard InChI is InChI=1S/C14H9ClFIO2/c15-8-4-5-9(10(16)6-8)13-7-18-12-3-1-2-11(17)14(12)19-13/h1-6,13H,7H2. The topological polar surface area (TPSA) is 18.5 Å². The summed E-state index contributed by atoms with van der Waals surface area (Å²) in [6.45, 7) is 0.283. The van der Waals surface area contributed by atoms with Crippen molar-refractivity contribution in [3.63, 3.8) is 0 Å². The molecule has 5 heteroatoms. The molecular formula is C14H9ClFIO2. The van der Waals surface area contributed by atoms with Crippen molar-refractivity contribution in [2.75, 3.05) is 6.61 Å². The van der Waals surface area contributed by atoms with Gasteiger partial charge in [0.15, 0.2) is 17.6 Å². The van der Waals surface area contributed by atoms with Crippen LogP contribution >= 0.6 is 34.2 Å². The highest BCUT2D eigenvalue weighted by Gasteiger charge is 2.26. The van der Waals surface area contributed by atoms with E-state index in [4.69, 9.17) is 21.1 Å². The summed E-state index contributed by atoms with van der Waals surface area (Å²) >= 11 is 7.92. The van der Waals surface area contributed by atoms with Gasteiger partial charge < -0.3 is 9.47 Å². The van der Waals surface area contributed by atoms with E-state index in [-0.39, 0.29) is 12.4 Å². The molecule has 19 heavy (non-hydrogen) atoms. The lowest BCUT2D eigenvalue weighted by atomic mass is 10.1. The van der Waals surface area contributed by atoms with Crippen molar-refractivity contribution >= 4 is 34.2 Å². The van der Waals surface area contributed by atoms with Gasteiger partial charge in [-0.1, -0.05) is 23.7 Å². The molecule has 0 radical (unpaired) electrons. The number of para-hydroxylation sites is 1. The van der Waals surface area contributed by atoms with Crippen molar-refractivity contribution < 1.29 is 13.9 Å². The van der Waals surface area contributed by atoms with E-state index in [1.807, 2.05) is 18.2 Å². The second kappa shape index (κ2) is 5.17. The molecule has 1 aliphatic rings. The fourth-order valence-electron chi connectivity index (χ4n) is 1.97. The SMILES string of the molecule is Fc1cc(Cl)ccc1C1COc2cccc(I)c2O1. The number of hydrogen-bond acceptors (Lipinski definition) is 2. The van der Waals surface area contributed by atoms with E-state index in [2.05, 4.69) is 22.6 Å². The van der Waals surface area contributed by atoms with Gasteiger partial charge in [0, 0.05) is 10.6 Å². The van der Waals surface area contributed by atoms with Gasteiger partial charge in [0.2, 0.25) is 0 Å². The van der Waals surface area contributed by atoms with Crippen LogP contribution in [0, 0.1) is 9.39 Å². The minimum absolute atomic E-state index is 0.283. The van der Waals surface area contributed by atoms with Crippen LogP contribution in [-0.2, 0) is 0 Å². The first-order chi connectivity index (χ1) is 9.15. The number of benzene rings is 2. The normalized spacial score (nSPS) is 17.3. The van der Waals surface area contributed by atoms with Gasteiger partial charge in [0.1, 0.15) is 12.4 Å². The van der Waals surface area contributed by atoms with Crippen molar-refractivity contribution in [3.05, 3.63) is 56.4 Å². The number of ether oxygens (including phenoxy) is 2. The Balaban J connectivity index is 1.95. The van der Waals surface area contributed by atoms with Crippen LogP contribution < -0.4 is 9.47 Å². The summed E-state index contributed by atoms with van der Waals surface area (Å²) in [7, 11) is 0. The number of fused-ring (bicyclic) bond motifs is 1. The molecule has 2 aromatic carbocycles. The Bertz CT molecular complexity index is 633. The fraction of sp³-hybridized carbons (Fsp3) is 0.143. The molecule has 0 fully saturated rings. The van der Waals surface area contributed by atoms with Crippen molar-refractivity contribution in [3.8, 4) is 11.5 Å². The molecule has 2 aromatic rings. The highest BCUT2D eigenvalue weighted by Crippen LogP contribution is 2.40. The second-order valence-corrected chi connectivity index (χ2v) is 5.75. The third-order valence-electron chi connectivity index (χ3n) is 2.89. The van der Waals surface area contributed by atoms with Crippen molar-refractivity contribution in [2.24, 2.45) is 0 Å². The average molecular weight is 391 g/mol. The number of rotatable bonds is 1. The van der Waals surface area contributed by atoms with Crippen LogP contribution in [0.2, 0.25) is 5.02 Å². The van der Waals surface area contributed by atoms with Crippen LogP contribution in [-0.4, -0.2) is 6.61 Å². The van der Waals surface area contributed by atoms with Gasteiger partial charge in [0.25, 0.3) is 0 Å². The van der Waals surface area contributed by atoms with E-state index >= 15 is 0 Å². The Labute approximate surface area is 128 Å². The van der Waals surface area contributed by atoms with E-state index in [1.54, 1.807) is 12.1 Å². The molecule has 0 N–H and O–H groups in total. The lowest BCUT2D eigenvalue weighted by Gasteiger charge is -2.27.